The molecular formula is C15H14N4O3S2. The quantitative estimate of drug-likeness (QED) is 0.647. The van der Waals surface area contributed by atoms with E-state index in [2.05, 4.69) is 20.5 Å². The van der Waals surface area contributed by atoms with Crippen LogP contribution < -0.4 is 5.32 Å². The molecule has 0 radical (unpaired) electrons. The van der Waals surface area contributed by atoms with Gasteiger partial charge < -0.3 is 10.4 Å². The molecule has 0 saturated carbocycles. The minimum absolute atomic E-state index is 0.202. The Morgan fingerprint density at radius 2 is 2.12 bits per heavy atom. The lowest BCUT2D eigenvalue weighted by Crippen LogP contribution is -2.34. The summed E-state index contributed by atoms with van der Waals surface area (Å²) in [5, 5.41) is 23.0. The number of hydrogen-bond acceptors (Lipinski definition) is 6. The summed E-state index contributed by atoms with van der Waals surface area (Å²) >= 11 is 2.88. The maximum Gasteiger partial charge on any atom is 0.331 e. The van der Waals surface area contributed by atoms with Crippen molar-refractivity contribution >= 4 is 34.6 Å². The maximum absolute atomic E-state index is 12.4. The monoisotopic (exact) mass is 362 g/mol. The fourth-order valence-electron chi connectivity index (χ4n) is 2.34. The number of rotatable bonds is 5. The number of carbonyl (C=O) groups excluding carboxylic acids is 1. The van der Waals surface area contributed by atoms with Gasteiger partial charge in [0.15, 0.2) is 6.04 Å². The molecule has 0 aromatic carbocycles. The second-order valence-electron chi connectivity index (χ2n) is 5.11. The number of carbonyl (C=O) groups is 2. The van der Waals surface area contributed by atoms with Gasteiger partial charge in [-0.3, -0.25) is 9.89 Å². The van der Waals surface area contributed by atoms with E-state index in [1.807, 2.05) is 17.5 Å². The third kappa shape index (κ3) is 3.08. The number of thiazole rings is 1. The molecular weight excluding hydrogens is 348 g/mol. The fourth-order valence-corrected chi connectivity index (χ4v) is 3.95. The molecule has 1 unspecified atom stereocenters. The van der Waals surface area contributed by atoms with Crippen molar-refractivity contribution in [2.24, 2.45) is 0 Å². The number of nitrogens with one attached hydrogen (secondary N) is 2. The lowest BCUT2D eigenvalue weighted by molar-refractivity contribution is -0.139. The van der Waals surface area contributed by atoms with Crippen LogP contribution >= 0.6 is 22.7 Å². The third-order valence-corrected chi connectivity index (χ3v) is 5.35. The summed E-state index contributed by atoms with van der Waals surface area (Å²) < 4.78 is 0. The maximum atomic E-state index is 12.4. The minimum Gasteiger partial charge on any atom is -0.479 e. The molecule has 3 aromatic heterocycles. The number of carboxylic acid groups (broad SMARTS) is 1. The number of carboxylic acids is 1. The lowest BCUT2D eigenvalue weighted by Gasteiger charge is -2.14. The van der Waals surface area contributed by atoms with Crippen molar-refractivity contribution in [1.82, 2.24) is 20.5 Å². The first-order valence-electron chi connectivity index (χ1n) is 7.02. The van der Waals surface area contributed by atoms with E-state index in [9.17, 15) is 14.7 Å². The summed E-state index contributed by atoms with van der Waals surface area (Å²) in [5.41, 5.74) is 1.81. The Morgan fingerprint density at radius 1 is 1.33 bits per heavy atom. The molecule has 0 aliphatic carbocycles. The van der Waals surface area contributed by atoms with E-state index < -0.39 is 17.9 Å². The Kier molecular flexibility index (Phi) is 4.45. The van der Waals surface area contributed by atoms with Crippen LogP contribution in [0.3, 0.4) is 0 Å². The Balaban J connectivity index is 1.83. The molecule has 0 aliphatic heterocycles. The number of amides is 1. The van der Waals surface area contributed by atoms with Crippen molar-refractivity contribution in [2.45, 2.75) is 19.9 Å². The molecule has 0 saturated heterocycles. The molecule has 3 rings (SSSR count). The molecule has 0 aliphatic rings. The number of aromatic amines is 1. The smallest absolute Gasteiger partial charge is 0.331 e. The molecule has 7 nitrogen and oxygen atoms in total. The minimum atomic E-state index is -1.18. The van der Waals surface area contributed by atoms with E-state index >= 15 is 0 Å². The van der Waals surface area contributed by atoms with E-state index in [1.165, 1.54) is 22.7 Å². The predicted molar refractivity (Wildman–Crippen MR) is 91.3 cm³/mol. The van der Waals surface area contributed by atoms with Gasteiger partial charge >= 0.3 is 5.97 Å². The summed E-state index contributed by atoms with van der Waals surface area (Å²) in [6.07, 6.45) is 0. The number of thiophene rings is 1. The summed E-state index contributed by atoms with van der Waals surface area (Å²) in [5.74, 6) is -1.67. The van der Waals surface area contributed by atoms with Crippen LogP contribution in [0.2, 0.25) is 0 Å². The Hall–Kier alpha value is -2.52. The number of aromatic nitrogens is 3. The Morgan fingerprint density at radius 3 is 2.71 bits per heavy atom. The van der Waals surface area contributed by atoms with Crippen LogP contribution in [0.25, 0.3) is 9.88 Å². The van der Waals surface area contributed by atoms with E-state index in [1.54, 1.807) is 19.2 Å². The summed E-state index contributed by atoms with van der Waals surface area (Å²) in [7, 11) is 0. The van der Waals surface area contributed by atoms with Crippen LogP contribution in [-0.2, 0) is 4.79 Å². The normalized spacial score (nSPS) is 12.1. The van der Waals surface area contributed by atoms with Gasteiger partial charge in [-0.1, -0.05) is 6.07 Å². The fraction of sp³-hybridized carbons (Fsp3) is 0.200. The van der Waals surface area contributed by atoms with Crippen LogP contribution in [0.4, 0.5) is 0 Å². The molecule has 3 heterocycles. The first-order valence-corrected chi connectivity index (χ1v) is 8.78. The lowest BCUT2D eigenvalue weighted by atomic mass is 10.0. The Bertz CT molecular complexity index is 863. The SMILES string of the molecule is Cc1n[nH]c(C)c1C(NC(=O)c1csc(-c2cccs2)n1)C(=O)O. The highest BCUT2D eigenvalue weighted by atomic mass is 32.1. The van der Waals surface area contributed by atoms with Crippen molar-refractivity contribution in [1.29, 1.82) is 0 Å². The standard InChI is InChI=1S/C15H14N4O3S2/c1-7-11(8(2)19-18-7)12(15(21)22)17-13(20)9-6-24-14(16-9)10-4-3-5-23-10/h3-6,12H,1-2H3,(H,17,20)(H,18,19)(H,21,22). The number of aryl methyl sites for hydroxylation is 2. The average molecular weight is 362 g/mol. The average Bonchev–Trinajstić information content (AvgIpc) is 3.26. The van der Waals surface area contributed by atoms with Crippen molar-refractivity contribution in [2.75, 3.05) is 0 Å². The van der Waals surface area contributed by atoms with Crippen LogP contribution in [0.5, 0.6) is 0 Å². The zero-order chi connectivity index (χ0) is 17.3. The number of aliphatic carboxylic acids is 1. The van der Waals surface area contributed by atoms with Crippen LogP contribution in [0, 0.1) is 13.8 Å². The van der Waals surface area contributed by atoms with Crippen LogP contribution in [0.15, 0.2) is 22.9 Å². The second kappa shape index (κ2) is 6.54. The highest BCUT2D eigenvalue weighted by molar-refractivity contribution is 7.20. The molecule has 0 bridgehead atoms. The number of nitrogens with zero attached hydrogens (tertiary/aromatic N) is 2. The van der Waals surface area contributed by atoms with Crippen LogP contribution in [0.1, 0.15) is 33.5 Å². The van der Waals surface area contributed by atoms with Crippen molar-refractivity contribution in [3.8, 4) is 9.88 Å². The first-order chi connectivity index (χ1) is 11.5. The third-order valence-electron chi connectivity index (χ3n) is 3.46. The highest BCUT2D eigenvalue weighted by Gasteiger charge is 2.28. The van der Waals surface area contributed by atoms with Gasteiger partial charge in [0.2, 0.25) is 0 Å². The highest BCUT2D eigenvalue weighted by Crippen LogP contribution is 2.28. The number of H-pyrrole nitrogens is 1. The zero-order valence-electron chi connectivity index (χ0n) is 12.9. The van der Waals surface area contributed by atoms with E-state index in [-0.39, 0.29) is 5.69 Å². The molecule has 1 atom stereocenters. The van der Waals surface area contributed by atoms with E-state index in [0.29, 0.717) is 17.0 Å². The van der Waals surface area contributed by atoms with Gasteiger partial charge in [-0.15, -0.1) is 22.7 Å². The van der Waals surface area contributed by atoms with E-state index in [0.717, 1.165) is 9.88 Å². The molecule has 0 fully saturated rings. The van der Waals surface area contributed by atoms with Gasteiger partial charge in [0.1, 0.15) is 10.7 Å². The summed E-state index contributed by atoms with van der Waals surface area (Å²) in [4.78, 5) is 29.3. The van der Waals surface area contributed by atoms with Gasteiger partial charge in [-0.05, 0) is 25.3 Å². The molecule has 9 heteroatoms. The van der Waals surface area contributed by atoms with Gasteiger partial charge in [-0.25, -0.2) is 9.78 Å². The van der Waals surface area contributed by atoms with Gasteiger partial charge in [0.05, 0.1) is 10.6 Å². The molecule has 1 amide bonds. The summed E-state index contributed by atoms with van der Waals surface area (Å²) in [6, 6.07) is 2.65. The van der Waals surface area contributed by atoms with Gasteiger partial charge in [0.25, 0.3) is 5.91 Å². The molecule has 3 N–H and O–H groups in total. The predicted octanol–water partition coefficient (Wildman–Crippen LogP) is 2.77. The molecule has 3 aromatic rings. The van der Waals surface area contributed by atoms with Crippen molar-refractivity contribution in [3.05, 3.63) is 45.5 Å². The summed E-state index contributed by atoms with van der Waals surface area (Å²) in [6.45, 7) is 3.41. The van der Waals surface area contributed by atoms with Gasteiger partial charge in [-0.2, -0.15) is 5.10 Å². The Labute approximate surface area is 145 Å². The zero-order valence-corrected chi connectivity index (χ0v) is 14.5. The molecule has 124 valence electrons. The molecule has 24 heavy (non-hydrogen) atoms. The van der Waals surface area contributed by atoms with Gasteiger partial charge in [0, 0.05) is 16.6 Å². The van der Waals surface area contributed by atoms with Crippen molar-refractivity contribution in [3.63, 3.8) is 0 Å². The largest absolute Gasteiger partial charge is 0.479 e. The topological polar surface area (TPSA) is 108 Å². The van der Waals surface area contributed by atoms with Crippen LogP contribution in [-0.4, -0.2) is 32.2 Å². The molecule has 0 spiro atoms. The number of hydrogen-bond donors (Lipinski definition) is 3. The second-order valence-corrected chi connectivity index (χ2v) is 6.91. The first kappa shape index (κ1) is 16.3. The van der Waals surface area contributed by atoms with Crippen molar-refractivity contribution < 1.29 is 14.7 Å². The van der Waals surface area contributed by atoms with E-state index in [4.69, 9.17) is 0 Å².